The number of aryl methyl sites for hydroxylation is 1. The van der Waals surface area contributed by atoms with Crippen LogP contribution in [0.15, 0.2) is 24.5 Å². The maximum absolute atomic E-state index is 4.38. The summed E-state index contributed by atoms with van der Waals surface area (Å²) in [5.74, 6) is 1.15. The Morgan fingerprint density at radius 2 is 2.31 bits per heavy atom. The van der Waals surface area contributed by atoms with Crippen LogP contribution in [0.2, 0.25) is 0 Å². The monoisotopic (exact) mass is 235 g/mol. The first-order chi connectivity index (χ1) is 7.81. The highest BCUT2D eigenvalue weighted by atomic mass is 32.2. The van der Waals surface area contributed by atoms with Crippen molar-refractivity contribution in [3.8, 4) is 0 Å². The van der Waals surface area contributed by atoms with Crippen LogP contribution in [-0.2, 0) is 6.54 Å². The molecule has 0 aliphatic heterocycles. The van der Waals surface area contributed by atoms with E-state index in [-0.39, 0.29) is 0 Å². The molecule has 0 aromatic carbocycles. The van der Waals surface area contributed by atoms with Crippen LogP contribution in [0, 0.1) is 6.92 Å². The average molecular weight is 235 g/mol. The molecule has 0 saturated carbocycles. The van der Waals surface area contributed by atoms with E-state index in [1.807, 2.05) is 18.0 Å². The van der Waals surface area contributed by atoms with Gasteiger partial charge >= 0.3 is 0 Å². The molecule has 3 nitrogen and oxygen atoms in total. The molecule has 0 saturated heterocycles. The predicted octanol–water partition coefficient (Wildman–Crippen LogP) is 2.10. The summed E-state index contributed by atoms with van der Waals surface area (Å²) in [5.41, 5.74) is 3.50. The van der Waals surface area contributed by atoms with E-state index in [1.165, 1.54) is 11.3 Å². The van der Waals surface area contributed by atoms with Crippen LogP contribution in [0.4, 0.5) is 0 Å². The lowest BCUT2D eigenvalue weighted by molar-refractivity contribution is 0.710. The Bertz CT molecular complexity index is 464. The van der Waals surface area contributed by atoms with Crippen LogP contribution >= 0.6 is 11.8 Å². The maximum Gasteiger partial charge on any atom is 0.136 e. The summed E-state index contributed by atoms with van der Waals surface area (Å²) >= 11 is 1.86. The van der Waals surface area contributed by atoms with Crippen molar-refractivity contribution in [3.05, 3.63) is 35.8 Å². The molecule has 2 aromatic rings. The van der Waals surface area contributed by atoms with Gasteiger partial charge < -0.3 is 9.72 Å². The van der Waals surface area contributed by atoms with Gasteiger partial charge in [0.05, 0.1) is 11.9 Å². The lowest BCUT2D eigenvalue weighted by Gasteiger charge is -2.04. The number of rotatable bonds is 5. The molecule has 0 radical (unpaired) electrons. The first kappa shape index (κ1) is 11.5. The summed E-state index contributed by atoms with van der Waals surface area (Å²) in [6.45, 7) is 4.02. The van der Waals surface area contributed by atoms with Gasteiger partial charge in [0.15, 0.2) is 0 Å². The normalized spacial score (nSPS) is 11.1. The SMILES string of the molecule is CSCCNCc1cnc2ccc(C)cn12. The molecule has 2 rings (SSSR count). The predicted molar refractivity (Wildman–Crippen MR) is 70.0 cm³/mol. The van der Waals surface area contributed by atoms with Gasteiger partial charge in [0, 0.05) is 25.0 Å². The lowest BCUT2D eigenvalue weighted by Crippen LogP contribution is -2.17. The van der Waals surface area contributed by atoms with Gasteiger partial charge in [-0.3, -0.25) is 0 Å². The molecule has 0 fully saturated rings. The van der Waals surface area contributed by atoms with Crippen LogP contribution in [0.5, 0.6) is 0 Å². The fourth-order valence-corrected chi connectivity index (χ4v) is 2.01. The van der Waals surface area contributed by atoms with E-state index in [0.29, 0.717) is 0 Å². The summed E-state index contributed by atoms with van der Waals surface area (Å²) in [5, 5.41) is 3.42. The van der Waals surface area contributed by atoms with E-state index in [4.69, 9.17) is 0 Å². The molecule has 0 aliphatic rings. The zero-order valence-corrected chi connectivity index (χ0v) is 10.5. The van der Waals surface area contributed by atoms with Crippen LogP contribution in [0.3, 0.4) is 0 Å². The minimum atomic E-state index is 0.880. The number of aromatic nitrogens is 2. The number of pyridine rings is 1. The highest BCUT2D eigenvalue weighted by Crippen LogP contribution is 2.08. The number of thioether (sulfide) groups is 1. The fourth-order valence-electron chi connectivity index (χ4n) is 1.66. The molecule has 16 heavy (non-hydrogen) atoms. The first-order valence-corrected chi connectivity index (χ1v) is 6.83. The van der Waals surface area contributed by atoms with Crippen molar-refractivity contribution in [3.63, 3.8) is 0 Å². The van der Waals surface area contributed by atoms with Gasteiger partial charge in [-0.15, -0.1) is 0 Å². The number of nitrogens with one attached hydrogen (secondary N) is 1. The van der Waals surface area contributed by atoms with Crippen molar-refractivity contribution in [2.45, 2.75) is 13.5 Å². The number of nitrogens with zero attached hydrogens (tertiary/aromatic N) is 2. The molecule has 2 aromatic heterocycles. The van der Waals surface area contributed by atoms with Crippen molar-refractivity contribution in [1.82, 2.24) is 14.7 Å². The Hall–Kier alpha value is -1.00. The summed E-state index contributed by atoms with van der Waals surface area (Å²) in [7, 11) is 0. The number of imidazole rings is 1. The number of fused-ring (bicyclic) bond motifs is 1. The highest BCUT2D eigenvalue weighted by molar-refractivity contribution is 7.98. The molecule has 0 amide bonds. The molecule has 0 bridgehead atoms. The van der Waals surface area contributed by atoms with Crippen LogP contribution in [0.25, 0.3) is 5.65 Å². The molecule has 0 aliphatic carbocycles. The Labute approximate surface area is 100 Å². The maximum atomic E-state index is 4.38. The summed E-state index contributed by atoms with van der Waals surface area (Å²) in [6.07, 6.45) is 6.20. The Morgan fingerprint density at radius 1 is 1.44 bits per heavy atom. The Balaban J connectivity index is 2.09. The van der Waals surface area contributed by atoms with Crippen molar-refractivity contribution in [2.75, 3.05) is 18.6 Å². The van der Waals surface area contributed by atoms with Crippen molar-refractivity contribution < 1.29 is 0 Å². The van der Waals surface area contributed by atoms with E-state index in [0.717, 1.165) is 24.5 Å². The minimum Gasteiger partial charge on any atom is -0.310 e. The smallest absolute Gasteiger partial charge is 0.136 e. The molecule has 4 heteroatoms. The molecule has 2 heterocycles. The molecule has 86 valence electrons. The van der Waals surface area contributed by atoms with Gasteiger partial charge in [-0.25, -0.2) is 4.98 Å². The number of hydrogen-bond donors (Lipinski definition) is 1. The standard InChI is InChI=1S/C12H17N3S/c1-10-3-4-12-14-8-11(15(12)9-10)7-13-5-6-16-2/h3-4,8-9,13H,5-7H2,1-2H3. The quantitative estimate of drug-likeness (QED) is 0.805. The third-order valence-electron chi connectivity index (χ3n) is 2.52. The fraction of sp³-hybridized carbons (Fsp3) is 0.417. The Morgan fingerprint density at radius 3 is 3.12 bits per heavy atom. The first-order valence-electron chi connectivity index (χ1n) is 5.43. The second kappa shape index (κ2) is 5.37. The third kappa shape index (κ3) is 2.57. The second-order valence-corrected chi connectivity index (χ2v) is 4.84. The Kier molecular flexibility index (Phi) is 3.85. The summed E-state index contributed by atoms with van der Waals surface area (Å²) < 4.78 is 2.15. The summed E-state index contributed by atoms with van der Waals surface area (Å²) in [4.78, 5) is 4.38. The topological polar surface area (TPSA) is 29.3 Å². The molecular weight excluding hydrogens is 218 g/mol. The van der Waals surface area contributed by atoms with E-state index < -0.39 is 0 Å². The van der Waals surface area contributed by atoms with Crippen LogP contribution < -0.4 is 5.32 Å². The number of hydrogen-bond acceptors (Lipinski definition) is 3. The van der Waals surface area contributed by atoms with Gasteiger partial charge in [-0.1, -0.05) is 6.07 Å². The van der Waals surface area contributed by atoms with Crippen molar-refractivity contribution >= 4 is 17.4 Å². The van der Waals surface area contributed by atoms with E-state index in [1.54, 1.807) is 0 Å². The van der Waals surface area contributed by atoms with Crippen LogP contribution in [0.1, 0.15) is 11.3 Å². The molecule has 0 unspecified atom stereocenters. The van der Waals surface area contributed by atoms with Gasteiger partial charge in [0.1, 0.15) is 5.65 Å². The third-order valence-corrected chi connectivity index (χ3v) is 3.13. The molecule has 1 N–H and O–H groups in total. The highest BCUT2D eigenvalue weighted by Gasteiger charge is 2.02. The lowest BCUT2D eigenvalue weighted by atomic mass is 10.3. The molecule has 0 spiro atoms. The second-order valence-electron chi connectivity index (χ2n) is 3.85. The van der Waals surface area contributed by atoms with Gasteiger partial charge in [0.2, 0.25) is 0 Å². The van der Waals surface area contributed by atoms with Crippen molar-refractivity contribution in [2.24, 2.45) is 0 Å². The zero-order valence-electron chi connectivity index (χ0n) is 9.73. The largest absolute Gasteiger partial charge is 0.310 e. The van der Waals surface area contributed by atoms with E-state index >= 15 is 0 Å². The van der Waals surface area contributed by atoms with Gasteiger partial charge in [-0.2, -0.15) is 11.8 Å². The average Bonchev–Trinajstić information content (AvgIpc) is 2.67. The van der Waals surface area contributed by atoms with Gasteiger partial charge in [-0.05, 0) is 24.8 Å². The molecule has 0 atom stereocenters. The van der Waals surface area contributed by atoms with E-state index in [2.05, 4.69) is 46.2 Å². The molecular formula is C12H17N3S. The zero-order chi connectivity index (χ0) is 11.4. The van der Waals surface area contributed by atoms with Gasteiger partial charge in [0.25, 0.3) is 0 Å². The van der Waals surface area contributed by atoms with Crippen molar-refractivity contribution in [1.29, 1.82) is 0 Å². The van der Waals surface area contributed by atoms with E-state index in [9.17, 15) is 0 Å². The minimum absolute atomic E-state index is 0.880. The van der Waals surface area contributed by atoms with Crippen LogP contribution in [-0.4, -0.2) is 27.9 Å². The summed E-state index contributed by atoms with van der Waals surface area (Å²) in [6, 6.07) is 4.15.